The molecule has 2 rings (SSSR count). The minimum atomic E-state index is -0.697. The van der Waals surface area contributed by atoms with Crippen molar-refractivity contribution in [2.75, 3.05) is 33.4 Å². The van der Waals surface area contributed by atoms with Gasteiger partial charge < -0.3 is 15.4 Å². The number of nitrogens with one attached hydrogen (secondary N) is 2. The Morgan fingerprint density at radius 3 is 2.57 bits per heavy atom. The first-order chi connectivity index (χ1) is 10.7. The van der Waals surface area contributed by atoms with E-state index < -0.39 is 5.41 Å². The maximum absolute atomic E-state index is 14.2. The summed E-state index contributed by atoms with van der Waals surface area (Å²) >= 11 is 0. The molecule has 0 spiro atoms. The molecule has 1 aromatic carbocycles. The standard InChI is InChI=1S/C17H25FN2O2.ClH/c1-22-13-12-19-10-11-20-16(21)17(8-4-5-9-17)14-6-2-3-7-15(14)18;/h2-3,6-7,19H,4-5,8-13H2,1H3,(H,20,21);1H. The zero-order valence-electron chi connectivity index (χ0n) is 13.6. The molecule has 0 aromatic heterocycles. The maximum atomic E-state index is 14.2. The van der Waals surface area contributed by atoms with Gasteiger partial charge in [0.25, 0.3) is 0 Å². The first-order valence-electron chi connectivity index (χ1n) is 7.94. The smallest absolute Gasteiger partial charge is 0.230 e. The van der Waals surface area contributed by atoms with Crippen LogP contribution in [-0.4, -0.2) is 39.3 Å². The Labute approximate surface area is 143 Å². The fourth-order valence-electron chi connectivity index (χ4n) is 3.18. The third-order valence-corrected chi connectivity index (χ3v) is 4.35. The molecule has 0 aliphatic heterocycles. The van der Waals surface area contributed by atoms with Crippen molar-refractivity contribution >= 4 is 18.3 Å². The quantitative estimate of drug-likeness (QED) is 0.712. The van der Waals surface area contributed by atoms with Crippen molar-refractivity contribution in [3.8, 4) is 0 Å². The molecule has 1 amide bonds. The summed E-state index contributed by atoms with van der Waals surface area (Å²) in [5.41, 5.74) is -0.157. The lowest BCUT2D eigenvalue weighted by Gasteiger charge is -2.28. The zero-order valence-corrected chi connectivity index (χ0v) is 14.4. The Morgan fingerprint density at radius 1 is 1.22 bits per heavy atom. The summed E-state index contributed by atoms with van der Waals surface area (Å²) in [4.78, 5) is 12.7. The van der Waals surface area contributed by atoms with E-state index in [1.165, 1.54) is 6.07 Å². The van der Waals surface area contributed by atoms with Crippen LogP contribution in [0.2, 0.25) is 0 Å². The van der Waals surface area contributed by atoms with Gasteiger partial charge in [0.05, 0.1) is 12.0 Å². The van der Waals surface area contributed by atoms with Gasteiger partial charge in [-0.3, -0.25) is 4.79 Å². The summed E-state index contributed by atoms with van der Waals surface area (Å²) in [6, 6.07) is 6.66. The molecule has 4 nitrogen and oxygen atoms in total. The highest BCUT2D eigenvalue weighted by Gasteiger charge is 2.43. The van der Waals surface area contributed by atoms with Crippen LogP contribution in [0.3, 0.4) is 0 Å². The van der Waals surface area contributed by atoms with E-state index in [-0.39, 0.29) is 24.1 Å². The molecule has 0 bridgehead atoms. The van der Waals surface area contributed by atoms with Gasteiger partial charge in [-0.25, -0.2) is 4.39 Å². The van der Waals surface area contributed by atoms with E-state index in [1.54, 1.807) is 25.3 Å². The first kappa shape index (κ1) is 19.9. The Morgan fingerprint density at radius 2 is 1.91 bits per heavy atom. The van der Waals surface area contributed by atoms with Gasteiger partial charge in [0, 0.05) is 32.3 Å². The Hall–Kier alpha value is -1.17. The van der Waals surface area contributed by atoms with Crippen molar-refractivity contribution in [3.05, 3.63) is 35.6 Å². The number of hydrogen-bond acceptors (Lipinski definition) is 3. The SMILES string of the molecule is COCCNCCNC(=O)C1(c2ccccc2F)CCCC1.Cl. The molecule has 23 heavy (non-hydrogen) atoms. The molecule has 1 aromatic rings. The van der Waals surface area contributed by atoms with E-state index in [2.05, 4.69) is 10.6 Å². The number of ether oxygens (including phenoxy) is 1. The molecule has 2 N–H and O–H groups in total. The number of carbonyl (C=O) groups is 1. The summed E-state index contributed by atoms with van der Waals surface area (Å²) in [5.74, 6) is -0.332. The molecular formula is C17H26ClFN2O2. The summed E-state index contributed by atoms with van der Waals surface area (Å²) in [6.45, 7) is 2.62. The molecule has 1 aliphatic rings. The predicted octanol–water partition coefficient (Wildman–Crippen LogP) is 2.41. The Bertz CT molecular complexity index is 493. The van der Waals surface area contributed by atoms with Crippen LogP contribution < -0.4 is 10.6 Å². The molecule has 1 aliphatic carbocycles. The van der Waals surface area contributed by atoms with E-state index in [4.69, 9.17) is 4.74 Å². The fraction of sp³-hybridized carbons (Fsp3) is 0.588. The number of amides is 1. The summed E-state index contributed by atoms with van der Waals surface area (Å²) < 4.78 is 19.1. The lowest BCUT2D eigenvalue weighted by Crippen LogP contribution is -2.45. The lowest BCUT2D eigenvalue weighted by atomic mass is 9.77. The number of carbonyl (C=O) groups excluding carboxylic acids is 1. The highest BCUT2D eigenvalue weighted by molar-refractivity contribution is 5.88. The molecule has 0 heterocycles. The maximum Gasteiger partial charge on any atom is 0.230 e. The van der Waals surface area contributed by atoms with Crippen molar-refractivity contribution < 1.29 is 13.9 Å². The van der Waals surface area contributed by atoms with Gasteiger partial charge in [-0.05, 0) is 18.9 Å². The van der Waals surface area contributed by atoms with Crippen molar-refractivity contribution in [3.63, 3.8) is 0 Å². The molecule has 0 radical (unpaired) electrons. The second-order valence-electron chi connectivity index (χ2n) is 5.77. The number of halogens is 2. The van der Waals surface area contributed by atoms with Crippen LogP contribution in [0.5, 0.6) is 0 Å². The van der Waals surface area contributed by atoms with Crippen molar-refractivity contribution in [2.24, 2.45) is 0 Å². The third-order valence-electron chi connectivity index (χ3n) is 4.35. The van der Waals surface area contributed by atoms with Crippen LogP contribution in [0.1, 0.15) is 31.2 Å². The lowest BCUT2D eigenvalue weighted by molar-refractivity contribution is -0.126. The molecule has 130 valence electrons. The monoisotopic (exact) mass is 344 g/mol. The van der Waals surface area contributed by atoms with E-state index in [0.29, 0.717) is 25.3 Å². The highest BCUT2D eigenvalue weighted by Crippen LogP contribution is 2.42. The summed E-state index contributed by atoms with van der Waals surface area (Å²) in [5, 5.41) is 6.14. The first-order valence-corrected chi connectivity index (χ1v) is 7.94. The second kappa shape index (κ2) is 9.85. The largest absolute Gasteiger partial charge is 0.383 e. The number of hydrogen-bond donors (Lipinski definition) is 2. The van der Waals surface area contributed by atoms with Crippen LogP contribution in [0.25, 0.3) is 0 Å². The van der Waals surface area contributed by atoms with Gasteiger partial charge in [0.1, 0.15) is 5.82 Å². The molecular weight excluding hydrogens is 319 g/mol. The van der Waals surface area contributed by atoms with Gasteiger partial charge in [0.15, 0.2) is 0 Å². The average Bonchev–Trinajstić information content (AvgIpc) is 3.02. The summed E-state index contributed by atoms with van der Waals surface area (Å²) in [7, 11) is 1.65. The van der Waals surface area contributed by atoms with E-state index in [1.807, 2.05) is 0 Å². The molecule has 1 fully saturated rings. The third kappa shape index (κ3) is 4.90. The average molecular weight is 345 g/mol. The molecule has 1 saturated carbocycles. The van der Waals surface area contributed by atoms with Crippen molar-refractivity contribution in [1.29, 1.82) is 0 Å². The van der Waals surface area contributed by atoms with Crippen LogP contribution >= 0.6 is 12.4 Å². The van der Waals surface area contributed by atoms with Gasteiger partial charge in [0.2, 0.25) is 5.91 Å². The van der Waals surface area contributed by atoms with E-state index in [9.17, 15) is 9.18 Å². The van der Waals surface area contributed by atoms with Crippen molar-refractivity contribution in [2.45, 2.75) is 31.1 Å². The minimum Gasteiger partial charge on any atom is -0.383 e. The van der Waals surface area contributed by atoms with Gasteiger partial charge >= 0.3 is 0 Å². The van der Waals surface area contributed by atoms with Crippen molar-refractivity contribution in [1.82, 2.24) is 10.6 Å². The Kier molecular flexibility index (Phi) is 8.52. The molecule has 0 saturated heterocycles. The number of rotatable bonds is 8. The molecule has 0 atom stereocenters. The van der Waals surface area contributed by atoms with E-state index in [0.717, 1.165) is 32.2 Å². The highest BCUT2D eigenvalue weighted by atomic mass is 35.5. The summed E-state index contributed by atoms with van der Waals surface area (Å²) in [6.07, 6.45) is 3.37. The second-order valence-corrected chi connectivity index (χ2v) is 5.77. The van der Waals surface area contributed by atoms with Crippen LogP contribution in [0.15, 0.2) is 24.3 Å². The molecule has 0 unspecified atom stereocenters. The van der Waals surface area contributed by atoms with Gasteiger partial charge in [-0.15, -0.1) is 12.4 Å². The van der Waals surface area contributed by atoms with Crippen LogP contribution in [-0.2, 0) is 14.9 Å². The van der Waals surface area contributed by atoms with E-state index >= 15 is 0 Å². The fourth-order valence-corrected chi connectivity index (χ4v) is 3.18. The predicted molar refractivity (Wildman–Crippen MR) is 91.5 cm³/mol. The Balaban J connectivity index is 0.00000264. The topological polar surface area (TPSA) is 50.4 Å². The van der Waals surface area contributed by atoms with Crippen LogP contribution in [0, 0.1) is 5.82 Å². The normalized spacial score (nSPS) is 15.9. The molecule has 6 heteroatoms. The minimum absolute atomic E-state index is 0. The number of methoxy groups -OCH3 is 1. The van der Waals surface area contributed by atoms with Gasteiger partial charge in [-0.1, -0.05) is 31.0 Å². The van der Waals surface area contributed by atoms with Crippen LogP contribution in [0.4, 0.5) is 4.39 Å². The number of benzene rings is 1. The zero-order chi connectivity index (χ0) is 15.8. The van der Waals surface area contributed by atoms with Gasteiger partial charge in [-0.2, -0.15) is 0 Å².